The Morgan fingerprint density at radius 1 is 1.00 bits per heavy atom. The number of likely N-dealkylation sites (tertiary alicyclic amines) is 1. The summed E-state index contributed by atoms with van der Waals surface area (Å²) in [5.74, 6) is 0. The van der Waals surface area contributed by atoms with Gasteiger partial charge in [0.05, 0.1) is 18.8 Å². The smallest absolute Gasteiger partial charge is 0.0938 e. The molecule has 0 aliphatic carbocycles. The monoisotopic (exact) mass is 223 g/mol. The number of benzene rings is 1. The van der Waals surface area contributed by atoms with Gasteiger partial charge in [0.25, 0.3) is 0 Å². The maximum Gasteiger partial charge on any atom is 0.0938 e. The van der Waals surface area contributed by atoms with Crippen LogP contribution in [0.2, 0.25) is 0 Å². The molecule has 4 nitrogen and oxygen atoms in total. The third kappa shape index (κ3) is 2.59. The van der Waals surface area contributed by atoms with Gasteiger partial charge in [-0.1, -0.05) is 24.3 Å². The van der Waals surface area contributed by atoms with Crippen LogP contribution < -0.4 is 0 Å². The molecule has 16 heavy (non-hydrogen) atoms. The molecule has 1 fully saturated rings. The van der Waals surface area contributed by atoms with Crippen molar-refractivity contribution >= 4 is 0 Å². The quantitative estimate of drug-likeness (QED) is 0.659. The highest BCUT2D eigenvalue weighted by molar-refractivity contribution is 5.22. The van der Waals surface area contributed by atoms with Gasteiger partial charge in [-0.2, -0.15) is 0 Å². The summed E-state index contributed by atoms with van der Waals surface area (Å²) in [4.78, 5) is 2.02. The van der Waals surface area contributed by atoms with Gasteiger partial charge in [-0.15, -0.1) is 0 Å². The summed E-state index contributed by atoms with van der Waals surface area (Å²) < 4.78 is 0. The van der Waals surface area contributed by atoms with E-state index < -0.39 is 12.2 Å². The molecule has 2 unspecified atom stereocenters. The van der Waals surface area contributed by atoms with Gasteiger partial charge >= 0.3 is 0 Å². The predicted octanol–water partition coefficient (Wildman–Crippen LogP) is -0.284. The second-order valence-corrected chi connectivity index (χ2v) is 4.30. The highest BCUT2D eigenvalue weighted by Crippen LogP contribution is 2.14. The summed E-state index contributed by atoms with van der Waals surface area (Å²) in [5.41, 5.74) is 2.02. The fourth-order valence-corrected chi connectivity index (χ4v) is 1.98. The van der Waals surface area contributed by atoms with Gasteiger partial charge in [-0.3, -0.25) is 4.90 Å². The summed E-state index contributed by atoms with van der Waals surface area (Å²) in [7, 11) is 0. The van der Waals surface area contributed by atoms with Crippen LogP contribution in [0.5, 0.6) is 0 Å². The minimum atomic E-state index is -0.628. The molecule has 1 aromatic carbocycles. The van der Waals surface area contributed by atoms with Crippen molar-refractivity contribution < 1.29 is 15.3 Å². The minimum absolute atomic E-state index is 0.0570. The molecule has 1 saturated heterocycles. The molecule has 0 aromatic heterocycles. The molecule has 1 aliphatic rings. The van der Waals surface area contributed by atoms with Crippen LogP contribution in [0, 0.1) is 0 Å². The summed E-state index contributed by atoms with van der Waals surface area (Å²) in [6.07, 6.45) is -1.26. The van der Waals surface area contributed by atoms with Gasteiger partial charge in [0.2, 0.25) is 0 Å². The maximum atomic E-state index is 9.40. The summed E-state index contributed by atoms with van der Waals surface area (Å²) in [6, 6.07) is 7.70. The van der Waals surface area contributed by atoms with Crippen LogP contribution in [0.15, 0.2) is 24.3 Å². The van der Waals surface area contributed by atoms with Crippen LogP contribution in [-0.4, -0.2) is 45.5 Å². The Hall–Kier alpha value is -0.940. The molecule has 2 atom stereocenters. The van der Waals surface area contributed by atoms with E-state index in [4.69, 9.17) is 5.11 Å². The first-order valence-electron chi connectivity index (χ1n) is 5.46. The number of aliphatic hydroxyl groups is 3. The normalized spacial score (nSPS) is 26.2. The van der Waals surface area contributed by atoms with E-state index in [0.717, 1.165) is 17.7 Å². The fraction of sp³-hybridized carbons (Fsp3) is 0.500. The lowest BCUT2D eigenvalue weighted by atomic mass is 10.1. The lowest BCUT2D eigenvalue weighted by Crippen LogP contribution is -2.22. The maximum absolute atomic E-state index is 9.40. The van der Waals surface area contributed by atoms with Gasteiger partial charge in [0.15, 0.2) is 0 Å². The molecular weight excluding hydrogens is 206 g/mol. The molecular formula is C12H17NO3. The van der Waals surface area contributed by atoms with Crippen molar-refractivity contribution in [2.24, 2.45) is 0 Å². The standard InChI is InChI=1S/C12H17NO3/c14-8-10-3-1-9(2-4-10)5-13-6-11(15)12(16)7-13/h1-4,11-12,14-16H,5-8H2. The molecule has 1 heterocycles. The second kappa shape index (κ2) is 4.93. The molecule has 1 aromatic rings. The Morgan fingerprint density at radius 3 is 2.00 bits per heavy atom. The van der Waals surface area contributed by atoms with Crippen LogP contribution in [0.3, 0.4) is 0 Å². The molecule has 2 rings (SSSR count). The highest BCUT2D eigenvalue weighted by atomic mass is 16.3. The highest BCUT2D eigenvalue weighted by Gasteiger charge is 2.29. The third-order valence-electron chi connectivity index (χ3n) is 2.95. The van der Waals surface area contributed by atoms with Crippen LogP contribution in [0.4, 0.5) is 0 Å². The van der Waals surface area contributed by atoms with Crippen molar-refractivity contribution in [2.45, 2.75) is 25.4 Å². The van der Waals surface area contributed by atoms with E-state index in [1.165, 1.54) is 0 Å². The van der Waals surface area contributed by atoms with E-state index in [1.54, 1.807) is 0 Å². The van der Waals surface area contributed by atoms with E-state index in [9.17, 15) is 10.2 Å². The zero-order chi connectivity index (χ0) is 11.5. The van der Waals surface area contributed by atoms with Gasteiger partial charge in [0.1, 0.15) is 0 Å². The van der Waals surface area contributed by atoms with Crippen molar-refractivity contribution in [3.05, 3.63) is 35.4 Å². The summed E-state index contributed by atoms with van der Waals surface area (Å²) in [5, 5.41) is 27.7. The number of nitrogens with zero attached hydrogens (tertiary/aromatic N) is 1. The van der Waals surface area contributed by atoms with E-state index in [2.05, 4.69) is 0 Å². The van der Waals surface area contributed by atoms with Crippen LogP contribution in [-0.2, 0) is 13.2 Å². The van der Waals surface area contributed by atoms with Crippen molar-refractivity contribution in [3.8, 4) is 0 Å². The molecule has 0 bridgehead atoms. The topological polar surface area (TPSA) is 63.9 Å². The molecule has 0 saturated carbocycles. The van der Waals surface area contributed by atoms with Crippen LogP contribution >= 0.6 is 0 Å². The number of aliphatic hydroxyl groups excluding tert-OH is 3. The molecule has 88 valence electrons. The average Bonchev–Trinajstić information content (AvgIpc) is 2.59. The Labute approximate surface area is 94.8 Å². The summed E-state index contributed by atoms with van der Waals surface area (Å²) in [6.45, 7) is 1.81. The first-order valence-corrected chi connectivity index (χ1v) is 5.46. The largest absolute Gasteiger partial charge is 0.392 e. The van der Waals surface area contributed by atoms with E-state index >= 15 is 0 Å². The molecule has 4 heteroatoms. The van der Waals surface area contributed by atoms with Gasteiger partial charge in [-0.05, 0) is 11.1 Å². The average molecular weight is 223 g/mol. The van der Waals surface area contributed by atoms with Crippen molar-refractivity contribution in [2.75, 3.05) is 13.1 Å². The number of rotatable bonds is 3. The number of β-amino-alcohol motifs (C(OH)–C–C–N with tert-alkyl or cyclic N) is 2. The van der Waals surface area contributed by atoms with Crippen molar-refractivity contribution in [1.82, 2.24) is 4.90 Å². The second-order valence-electron chi connectivity index (χ2n) is 4.30. The van der Waals surface area contributed by atoms with Crippen molar-refractivity contribution in [1.29, 1.82) is 0 Å². The zero-order valence-corrected chi connectivity index (χ0v) is 9.08. The first-order chi connectivity index (χ1) is 7.69. The zero-order valence-electron chi connectivity index (χ0n) is 9.08. The number of hydrogen-bond acceptors (Lipinski definition) is 4. The Kier molecular flexibility index (Phi) is 3.56. The molecule has 0 radical (unpaired) electrons. The Morgan fingerprint density at radius 2 is 1.50 bits per heavy atom. The predicted molar refractivity (Wildman–Crippen MR) is 59.7 cm³/mol. The van der Waals surface area contributed by atoms with Crippen molar-refractivity contribution in [3.63, 3.8) is 0 Å². The third-order valence-corrected chi connectivity index (χ3v) is 2.95. The SMILES string of the molecule is OCc1ccc(CN2CC(O)C(O)C2)cc1. The molecule has 3 N–H and O–H groups in total. The molecule has 1 aliphatic heterocycles. The number of hydrogen-bond donors (Lipinski definition) is 3. The fourth-order valence-electron chi connectivity index (χ4n) is 1.98. The molecule has 0 spiro atoms. The van der Waals surface area contributed by atoms with Gasteiger partial charge < -0.3 is 15.3 Å². The van der Waals surface area contributed by atoms with E-state index in [1.807, 2.05) is 29.2 Å². The lowest BCUT2D eigenvalue weighted by Gasteiger charge is -2.14. The first kappa shape index (κ1) is 11.5. The Balaban J connectivity index is 1.94. The summed E-state index contributed by atoms with van der Waals surface area (Å²) >= 11 is 0. The lowest BCUT2D eigenvalue weighted by molar-refractivity contribution is 0.0572. The van der Waals surface area contributed by atoms with E-state index in [0.29, 0.717) is 13.1 Å². The van der Waals surface area contributed by atoms with E-state index in [-0.39, 0.29) is 6.61 Å². The van der Waals surface area contributed by atoms with Crippen LogP contribution in [0.25, 0.3) is 0 Å². The minimum Gasteiger partial charge on any atom is -0.392 e. The van der Waals surface area contributed by atoms with Crippen LogP contribution in [0.1, 0.15) is 11.1 Å². The Bertz CT molecular complexity index is 329. The van der Waals surface area contributed by atoms with Gasteiger partial charge in [-0.25, -0.2) is 0 Å². The van der Waals surface area contributed by atoms with Gasteiger partial charge in [0, 0.05) is 19.6 Å². The molecule has 0 amide bonds.